The van der Waals surface area contributed by atoms with E-state index in [2.05, 4.69) is 46.4 Å². The second kappa shape index (κ2) is 8.90. The molecule has 1 aromatic heterocycles. The Morgan fingerprint density at radius 1 is 1.32 bits per heavy atom. The summed E-state index contributed by atoms with van der Waals surface area (Å²) < 4.78 is 7.86. The van der Waals surface area contributed by atoms with E-state index in [0.717, 1.165) is 39.0 Å². The molecule has 1 fully saturated rings. The van der Waals surface area contributed by atoms with Gasteiger partial charge in [-0.05, 0) is 49.6 Å². The molecule has 1 aliphatic rings. The van der Waals surface area contributed by atoms with Crippen LogP contribution in [0, 0.1) is 0 Å². The molecule has 1 aromatic carbocycles. The Kier molecular flexibility index (Phi) is 6.34. The van der Waals surface area contributed by atoms with Gasteiger partial charge in [0.25, 0.3) is 0 Å². The lowest BCUT2D eigenvalue weighted by Gasteiger charge is -2.19. The number of aromatic nitrogens is 1. The van der Waals surface area contributed by atoms with Gasteiger partial charge in [-0.25, -0.2) is 4.79 Å². The van der Waals surface area contributed by atoms with Crippen LogP contribution in [-0.4, -0.2) is 48.3 Å². The zero-order chi connectivity index (χ0) is 17.5. The van der Waals surface area contributed by atoms with Crippen LogP contribution in [-0.2, 0) is 11.3 Å². The summed E-state index contributed by atoms with van der Waals surface area (Å²) in [6.45, 7) is 3.30. The van der Waals surface area contributed by atoms with Gasteiger partial charge < -0.3 is 19.5 Å². The van der Waals surface area contributed by atoms with E-state index in [9.17, 15) is 4.79 Å². The maximum Gasteiger partial charge on any atom is 0.317 e. The summed E-state index contributed by atoms with van der Waals surface area (Å²) in [6, 6.07) is 10.5. The minimum atomic E-state index is 0.0182. The zero-order valence-electron chi connectivity index (χ0n) is 15.1. The topological polar surface area (TPSA) is 46.5 Å². The van der Waals surface area contributed by atoms with Crippen LogP contribution in [0.4, 0.5) is 4.79 Å². The van der Waals surface area contributed by atoms with E-state index in [-0.39, 0.29) is 6.03 Å². The van der Waals surface area contributed by atoms with Crippen molar-refractivity contribution in [1.29, 1.82) is 0 Å². The summed E-state index contributed by atoms with van der Waals surface area (Å²) in [5.41, 5.74) is 1.25. The molecular formula is C20H29N3O2. The number of amides is 2. The summed E-state index contributed by atoms with van der Waals surface area (Å²) in [5, 5.41) is 4.28. The molecule has 0 saturated carbocycles. The van der Waals surface area contributed by atoms with Crippen molar-refractivity contribution in [2.45, 2.75) is 44.8 Å². The van der Waals surface area contributed by atoms with Gasteiger partial charge in [0.1, 0.15) is 0 Å². The van der Waals surface area contributed by atoms with Crippen LogP contribution >= 0.6 is 0 Å². The fraction of sp³-hybridized carbons (Fsp3) is 0.550. The number of carbonyl (C=O) groups excluding carboxylic acids is 1. The third-order valence-corrected chi connectivity index (χ3v) is 4.92. The lowest BCUT2D eigenvalue weighted by atomic mass is 10.1. The molecular weight excluding hydrogens is 314 g/mol. The van der Waals surface area contributed by atoms with Crippen molar-refractivity contribution in [3.05, 3.63) is 36.5 Å². The predicted molar refractivity (Wildman–Crippen MR) is 101 cm³/mol. The number of ether oxygens (including phenoxy) is 1. The molecule has 5 heteroatoms. The third-order valence-electron chi connectivity index (χ3n) is 4.92. The maximum absolute atomic E-state index is 12.1. The van der Waals surface area contributed by atoms with Crippen molar-refractivity contribution < 1.29 is 9.53 Å². The highest BCUT2D eigenvalue weighted by Gasteiger charge is 2.15. The van der Waals surface area contributed by atoms with E-state index in [1.807, 2.05) is 7.05 Å². The number of nitrogens with zero attached hydrogens (tertiary/aromatic N) is 2. The molecule has 2 amide bonds. The van der Waals surface area contributed by atoms with Crippen LogP contribution < -0.4 is 5.32 Å². The SMILES string of the molecule is CN(CCCC1CCCO1)C(=O)NCCCn1ccc2ccccc21. The molecule has 0 bridgehead atoms. The second-order valence-corrected chi connectivity index (χ2v) is 6.85. The van der Waals surface area contributed by atoms with Crippen LogP contribution in [0.5, 0.6) is 0 Å². The van der Waals surface area contributed by atoms with Crippen molar-refractivity contribution in [3.8, 4) is 0 Å². The van der Waals surface area contributed by atoms with Gasteiger partial charge in [-0.3, -0.25) is 0 Å². The molecule has 1 atom stereocenters. The first-order valence-corrected chi connectivity index (χ1v) is 9.38. The summed E-state index contributed by atoms with van der Waals surface area (Å²) in [5.74, 6) is 0. The van der Waals surface area contributed by atoms with E-state index in [4.69, 9.17) is 4.74 Å². The van der Waals surface area contributed by atoms with E-state index < -0.39 is 0 Å². The first-order valence-electron chi connectivity index (χ1n) is 9.38. The lowest BCUT2D eigenvalue weighted by molar-refractivity contribution is 0.100. The summed E-state index contributed by atoms with van der Waals surface area (Å²) in [7, 11) is 1.87. The molecule has 2 heterocycles. The Balaban J connectivity index is 1.31. The van der Waals surface area contributed by atoms with E-state index in [0.29, 0.717) is 12.6 Å². The summed E-state index contributed by atoms with van der Waals surface area (Å²) in [6.07, 6.45) is 7.86. The van der Waals surface area contributed by atoms with Gasteiger partial charge in [0.05, 0.1) is 6.10 Å². The van der Waals surface area contributed by atoms with Gasteiger partial charge in [0, 0.05) is 45.0 Å². The Hall–Kier alpha value is -2.01. The molecule has 25 heavy (non-hydrogen) atoms. The molecule has 2 aromatic rings. The number of aryl methyl sites for hydroxylation is 1. The zero-order valence-corrected chi connectivity index (χ0v) is 15.1. The fourth-order valence-electron chi connectivity index (χ4n) is 3.44. The predicted octanol–water partition coefficient (Wildman–Crippen LogP) is 3.63. The number of rotatable bonds is 8. The Morgan fingerprint density at radius 3 is 3.04 bits per heavy atom. The number of hydrogen-bond donors (Lipinski definition) is 1. The molecule has 0 radical (unpaired) electrons. The van der Waals surface area contributed by atoms with Gasteiger partial charge in [0.15, 0.2) is 0 Å². The first kappa shape index (κ1) is 17.8. The Bertz CT molecular complexity index is 676. The molecule has 1 unspecified atom stereocenters. The second-order valence-electron chi connectivity index (χ2n) is 6.85. The maximum atomic E-state index is 12.1. The van der Waals surface area contributed by atoms with E-state index >= 15 is 0 Å². The number of para-hydroxylation sites is 1. The van der Waals surface area contributed by atoms with E-state index in [1.54, 1.807) is 4.90 Å². The number of hydrogen-bond acceptors (Lipinski definition) is 2. The number of nitrogens with one attached hydrogen (secondary N) is 1. The number of benzene rings is 1. The Morgan fingerprint density at radius 2 is 2.20 bits per heavy atom. The number of fused-ring (bicyclic) bond motifs is 1. The lowest BCUT2D eigenvalue weighted by Crippen LogP contribution is -2.38. The van der Waals surface area contributed by atoms with Crippen LogP contribution in [0.1, 0.15) is 32.1 Å². The highest BCUT2D eigenvalue weighted by Crippen LogP contribution is 2.17. The average molecular weight is 343 g/mol. The van der Waals surface area contributed by atoms with Gasteiger partial charge >= 0.3 is 6.03 Å². The van der Waals surface area contributed by atoms with Crippen LogP contribution in [0.25, 0.3) is 10.9 Å². The number of urea groups is 1. The third kappa shape index (κ3) is 4.98. The molecule has 0 aliphatic carbocycles. The van der Waals surface area contributed by atoms with Crippen molar-refractivity contribution >= 4 is 16.9 Å². The highest BCUT2D eigenvalue weighted by molar-refractivity contribution is 5.79. The van der Waals surface area contributed by atoms with Crippen molar-refractivity contribution in [2.75, 3.05) is 26.7 Å². The molecule has 5 nitrogen and oxygen atoms in total. The van der Waals surface area contributed by atoms with E-state index in [1.165, 1.54) is 23.7 Å². The summed E-state index contributed by atoms with van der Waals surface area (Å²) >= 11 is 0. The molecule has 1 aliphatic heterocycles. The largest absolute Gasteiger partial charge is 0.378 e. The fourth-order valence-corrected chi connectivity index (χ4v) is 3.44. The molecule has 136 valence electrons. The van der Waals surface area contributed by atoms with Gasteiger partial charge in [-0.15, -0.1) is 0 Å². The van der Waals surface area contributed by atoms with Crippen LogP contribution in [0.3, 0.4) is 0 Å². The molecule has 1 N–H and O–H groups in total. The van der Waals surface area contributed by atoms with Gasteiger partial charge in [-0.2, -0.15) is 0 Å². The summed E-state index contributed by atoms with van der Waals surface area (Å²) in [4.78, 5) is 13.9. The molecule has 3 rings (SSSR count). The Labute approximate surface area is 149 Å². The quantitative estimate of drug-likeness (QED) is 0.744. The van der Waals surface area contributed by atoms with Crippen molar-refractivity contribution in [2.24, 2.45) is 0 Å². The normalized spacial score (nSPS) is 17.1. The van der Waals surface area contributed by atoms with Crippen LogP contribution in [0.15, 0.2) is 36.5 Å². The van der Waals surface area contributed by atoms with Crippen molar-refractivity contribution in [3.63, 3.8) is 0 Å². The molecule has 1 saturated heterocycles. The standard InChI is InChI=1S/C20H29N3O2/c1-22(13-4-8-18-9-5-16-25-18)20(24)21-12-6-14-23-15-11-17-7-2-3-10-19(17)23/h2-3,7,10-11,15,18H,4-6,8-9,12-14,16H2,1H3,(H,21,24). The van der Waals surface area contributed by atoms with Gasteiger partial charge in [0.2, 0.25) is 0 Å². The average Bonchev–Trinajstić information content (AvgIpc) is 3.28. The molecule has 0 spiro atoms. The smallest absolute Gasteiger partial charge is 0.317 e. The van der Waals surface area contributed by atoms with Crippen LogP contribution in [0.2, 0.25) is 0 Å². The monoisotopic (exact) mass is 343 g/mol. The number of carbonyl (C=O) groups is 1. The first-order chi connectivity index (χ1) is 12.2. The highest BCUT2D eigenvalue weighted by atomic mass is 16.5. The van der Waals surface area contributed by atoms with Gasteiger partial charge in [-0.1, -0.05) is 18.2 Å². The van der Waals surface area contributed by atoms with Crippen molar-refractivity contribution in [1.82, 2.24) is 14.8 Å². The minimum absolute atomic E-state index is 0.0182. The minimum Gasteiger partial charge on any atom is -0.378 e.